The number of nitrogens with zero attached hydrogens (tertiary/aromatic N) is 3. The minimum absolute atomic E-state index is 0.137. The van der Waals surface area contributed by atoms with Gasteiger partial charge in [0.15, 0.2) is 5.71 Å². The highest BCUT2D eigenvalue weighted by Gasteiger charge is 2.08. The summed E-state index contributed by atoms with van der Waals surface area (Å²) < 4.78 is 0. The molecular formula is C8H3Cl2N3O. The van der Waals surface area contributed by atoms with Crippen molar-refractivity contribution in [2.45, 2.75) is 0 Å². The topological polar surface area (TPSA) is 65.6 Å². The Balaban J connectivity index is 3.26. The van der Waals surface area contributed by atoms with Crippen molar-refractivity contribution >= 4 is 28.9 Å². The zero-order valence-electron chi connectivity index (χ0n) is 6.74. The van der Waals surface area contributed by atoms with Crippen LogP contribution in [0, 0.1) is 16.2 Å². The number of halogens is 2. The highest BCUT2D eigenvalue weighted by Crippen LogP contribution is 2.21. The lowest BCUT2D eigenvalue weighted by Crippen LogP contribution is -1.97. The van der Waals surface area contributed by atoms with Crippen LogP contribution in [-0.2, 0) is 0 Å². The molecule has 0 heterocycles. The standard InChI is InChI=1S/C8H3Cl2N3O/c9-5-1-2-6(7(10)3-5)8(4-11)12-13-14/h1-3H/b12-8+. The van der Waals surface area contributed by atoms with Crippen molar-refractivity contribution in [3.05, 3.63) is 38.7 Å². The van der Waals surface area contributed by atoms with Gasteiger partial charge in [-0.2, -0.15) is 5.26 Å². The first kappa shape index (κ1) is 10.6. The van der Waals surface area contributed by atoms with E-state index in [9.17, 15) is 4.91 Å². The number of hydrogen-bond donors (Lipinski definition) is 0. The van der Waals surface area contributed by atoms with E-state index in [0.29, 0.717) is 10.6 Å². The summed E-state index contributed by atoms with van der Waals surface area (Å²) in [6.45, 7) is 0. The van der Waals surface area contributed by atoms with Gasteiger partial charge in [-0.05, 0) is 18.2 Å². The molecule has 0 fully saturated rings. The third kappa shape index (κ3) is 2.28. The van der Waals surface area contributed by atoms with E-state index in [1.807, 2.05) is 0 Å². The predicted molar refractivity (Wildman–Crippen MR) is 54.4 cm³/mol. The molecule has 14 heavy (non-hydrogen) atoms. The number of nitriles is 1. The van der Waals surface area contributed by atoms with Gasteiger partial charge in [-0.25, -0.2) is 0 Å². The molecule has 70 valence electrons. The second-order valence-electron chi connectivity index (χ2n) is 2.27. The maximum atomic E-state index is 9.87. The highest BCUT2D eigenvalue weighted by molar-refractivity contribution is 6.37. The Labute approximate surface area is 89.7 Å². The molecule has 0 aliphatic carbocycles. The largest absolute Gasteiger partial charge is 0.191 e. The summed E-state index contributed by atoms with van der Waals surface area (Å²) in [5.41, 5.74) is 0.194. The summed E-state index contributed by atoms with van der Waals surface area (Å²) in [5.74, 6) is 0. The molecule has 1 rings (SSSR count). The molecule has 0 saturated heterocycles. The normalized spacial score (nSPS) is 10.8. The number of nitroso groups, excluding NO2 is 1. The van der Waals surface area contributed by atoms with Crippen molar-refractivity contribution in [1.82, 2.24) is 0 Å². The van der Waals surface area contributed by atoms with Gasteiger partial charge in [-0.1, -0.05) is 28.3 Å². The molecular weight excluding hydrogens is 225 g/mol. The molecule has 0 N–H and O–H groups in total. The molecule has 0 aliphatic heterocycles. The Hall–Kier alpha value is -1.44. The molecule has 0 radical (unpaired) electrons. The van der Waals surface area contributed by atoms with Crippen molar-refractivity contribution in [2.75, 3.05) is 0 Å². The fourth-order valence-corrected chi connectivity index (χ4v) is 1.36. The lowest BCUT2D eigenvalue weighted by atomic mass is 10.1. The third-order valence-corrected chi connectivity index (χ3v) is 1.98. The molecule has 6 heteroatoms. The molecule has 0 aliphatic rings. The average Bonchev–Trinajstić information content (AvgIpc) is 2.15. The minimum atomic E-state index is -0.137. The highest BCUT2D eigenvalue weighted by atomic mass is 35.5. The van der Waals surface area contributed by atoms with Crippen LogP contribution in [0.3, 0.4) is 0 Å². The van der Waals surface area contributed by atoms with E-state index in [1.165, 1.54) is 12.1 Å². The number of hydrogen-bond acceptors (Lipinski definition) is 3. The lowest BCUT2D eigenvalue weighted by molar-refractivity contribution is 1.22. The molecule has 0 saturated carbocycles. The van der Waals surface area contributed by atoms with Gasteiger partial charge in [0.2, 0.25) is 0 Å². The molecule has 0 amide bonds. The van der Waals surface area contributed by atoms with Crippen molar-refractivity contribution in [3.63, 3.8) is 0 Å². The Morgan fingerprint density at radius 3 is 2.64 bits per heavy atom. The van der Waals surface area contributed by atoms with Crippen LogP contribution < -0.4 is 0 Å². The van der Waals surface area contributed by atoms with Crippen LogP contribution >= 0.6 is 23.2 Å². The van der Waals surface area contributed by atoms with Crippen LogP contribution in [0.2, 0.25) is 10.0 Å². The Morgan fingerprint density at radius 2 is 2.14 bits per heavy atom. The Morgan fingerprint density at radius 1 is 1.43 bits per heavy atom. The van der Waals surface area contributed by atoms with E-state index in [-0.39, 0.29) is 10.7 Å². The summed E-state index contributed by atoms with van der Waals surface area (Å²) in [5, 5.41) is 14.7. The molecule has 1 aromatic carbocycles. The molecule has 0 spiro atoms. The first-order valence-electron chi connectivity index (χ1n) is 3.45. The molecule has 4 nitrogen and oxygen atoms in total. The van der Waals surface area contributed by atoms with Crippen molar-refractivity contribution < 1.29 is 0 Å². The van der Waals surface area contributed by atoms with Crippen molar-refractivity contribution in [2.24, 2.45) is 10.4 Å². The maximum Gasteiger partial charge on any atom is 0.175 e. The smallest absolute Gasteiger partial charge is 0.175 e. The van der Waals surface area contributed by atoms with E-state index in [4.69, 9.17) is 28.5 Å². The monoisotopic (exact) mass is 227 g/mol. The van der Waals surface area contributed by atoms with Gasteiger partial charge in [-0.15, -0.1) is 4.91 Å². The van der Waals surface area contributed by atoms with Gasteiger partial charge in [0.1, 0.15) is 6.07 Å². The summed E-state index contributed by atoms with van der Waals surface area (Å²) in [6, 6.07) is 6.20. The average molecular weight is 228 g/mol. The Kier molecular flexibility index (Phi) is 3.57. The summed E-state index contributed by atoms with van der Waals surface area (Å²) in [6.07, 6.45) is 0. The zero-order valence-corrected chi connectivity index (χ0v) is 8.25. The first-order valence-corrected chi connectivity index (χ1v) is 4.20. The van der Waals surface area contributed by atoms with Gasteiger partial charge in [0.25, 0.3) is 0 Å². The van der Waals surface area contributed by atoms with E-state index in [2.05, 4.69) is 10.4 Å². The molecule has 0 bridgehead atoms. The second kappa shape index (κ2) is 4.70. The summed E-state index contributed by atoms with van der Waals surface area (Å²) in [4.78, 5) is 9.87. The SMILES string of the molecule is N#C/C(=N\N=O)c1ccc(Cl)cc1Cl. The fraction of sp³-hybridized carbons (Fsp3) is 0. The van der Waals surface area contributed by atoms with Gasteiger partial charge in [0, 0.05) is 10.6 Å². The lowest BCUT2D eigenvalue weighted by Gasteiger charge is -1.99. The number of rotatable bonds is 2. The van der Waals surface area contributed by atoms with E-state index in [1.54, 1.807) is 12.1 Å². The number of benzene rings is 1. The van der Waals surface area contributed by atoms with Crippen molar-refractivity contribution in [1.29, 1.82) is 5.26 Å². The maximum absolute atomic E-state index is 9.87. The summed E-state index contributed by atoms with van der Waals surface area (Å²) >= 11 is 11.4. The van der Waals surface area contributed by atoms with Gasteiger partial charge >= 0.3 is 0 Å². The van der Waals surface area contributed by atoms with E-state index in [0.717, 1.165) is 0 Å². The quantitative estimate of drug-likeness (QED) is 0.443. The zero-order chi connectivity index (χ0) is 10.6. The fourth-order valence-electron chi connectivity index (χ4n) is 0.859. The van der Waals surface area contributed by atoms with Crippen LogP contribution in [0.1, 0.15) is 5.56 Å². The Bertz CT molecular complexity index is 437. The van der Waals surface area contributed by atoms with E-state index >= 15 is 0 Å². The summed E-state index contributed by atoms with van der Waals surface area (Å²) in [7, 11) is 0. The van der Waals surface area contributed by atoms with E-state index < -0.39 is 0 Å². The van der Waals surface area contributed by atoms with Gasteiger partial charge in [-0.3, -0.25) is 0 Å². The van der Waals surface area contributed by atoms with Crippen LogP contribution in [0.5, 0.6) is 0 Å². The van der Waals surface area contributed by atoms with Gasteiger partial charge in [0.05, 0.1) is 10.3 Å². The van der Waals surface area contributed by atoms with Crippen molar-refractivity contribution in [3.8, 4) is 6.07 Å². The van der Waals surface area contributed by atoms with Crippen LogP contribution in [0.15, 0.2) is 28.6 Å². The second-order valence-corrected chi connectivity index (χ2v) is 3.11. The van der Waals surface area contributed by atoms with Crippen LogP contribution in [0.4, 0.5) is 0 Å². The van der Waals surface area contributed by atoms with Gasteiger partial charge < -0.3 is 0 Å². The molecule has 1 aromatic rings. The molecule has 0 unspecified atom stereocenters. The molecule has 0 atom stereocenters. The minimum Gasteiger partial charge on any atom is -0.191 e. The molecule has 0 aromatic heterocycles. The third-order valence-electron chi connectivity index (χ3n) is 1.43. The van der Waals surface area contributed by atoms with Crippen LogP contribution in [0.25, 0.3) is 0 Å². The predicted octanol–water partition coefficient (Wildman–Crippen LogP) is 2.99. The first-order chi connectivity index (χ1) is 6.69. The van der Waals surface area contributed by atoms with Crippen LogP contribution in [-0.4, -0.2) is 5.71 Å².